The van der Waals surface area contributed by atoms with Gasteiger partial charge in [0, 0.05) is 18.0 Å². The molecule has 7 nitrogen and oxygen atoms in total. The van der Waals surface area contributed by atoms with Crippen LogP contribution >= 0.6 is 0 Å². The first-order valence-electron chi connectivity index (χ1n) is 7.20. The van der Waals surface area contributed by atoms with Crippen LogP contribution in [0.2, 0.25) is 0 Å². The maximum Gasteiger partial charge on any atom is 0.248 e. The number of aliphatic hydroxyl groups excluding tert-OH is 1. The molecule has 0 aliphatic heterocycles. The molecule has 1 aromatic heterocycles. The first kappa shape index (κ1) is 17.2. The number of nitrogens with one attached hydrogen (secondary N) is 2. The Kier molecular flexibility index (Phi) is 6.36. The zero-order chi connectivity index (χ0) is 16.0. The third-order valence-electron chi connectivity index (χ3n) is 3.01. The largest absolute Gasteiger partial charge is 0.381 e. The van der Waals surface area contributed by atoms with Gasteiger partial charge in [0.25, 0.3) is 0 Å². The van der Waals surface area contributed by atoms with Gasteiger partial charge in [0.15, 0.2) is 0 Å². The van der Waals surface area contributed by atoms with Crippen LogP contribution in [0.3, 0.4) is 0 Å². The lowest BCUT2D eigenvalue weighted by Gasteiger charge is -2.17. The van der Waals surface area contributed by atoms with Crippen molar-refractivity contribution < 1.29 is 9.90 Å². The van der Waals surface area contributed by atoms with Crippen LogP contribution in [0, 0.1) is 6.92 Å². The van der Waals surface area contributed by atoms with E-state index >= 15 is 0 Å². The molecule has 0 fully saturated rings. The van der Waals surface area contributed by atoms with E-state index in [0.717, 1.165) is 24.3 Å². The van der Waals surface area contributed by atoms with Gasteiger partial charge in [-0.1, -0.05) is 20.8 Å². The quantitative estimate of drug-likeness (QED) is 0.569. The molecule has 1 atom stereocenters. The summed E-state index contributed by atoms with van der Waals surface area (Å²) in [5, 5.41) is 15.7. The third kappa shape index (κ3) is 4.86. The van der Waals surface area contributed by atoms with Gasteiger partial charge < -0.3 is 21.5 Å². The second kappa shape index (κ2) is 7.78. The van der Waals surface area contributed by atoms with E-state index in [9.17, 15) is 9.90 Å². The molecule has 0 bridgehead atoms. The predicted octanol–water partition coefficient (Wildman–Crippen LogP) is 0.988. The lowest BCUT2D eigenvalue weighted by Crippen LogP contribution is -2.34. The zero-order valence-electron chi connectivity index (χ0n) is 13.1. The summed E-state index contributed by atoms with van der Waals surface area (Å²) in [4.78, 5) is 19.8. The van der Waals surface area contributed by atoms with Crippen LogP contribution in [-0.4, -0.2) is 40.2 Å². The summed E-state index contributed by atoms with van der Waals surface area (Å²) >= 11 is 0. The first-order valence-corrected chi connectivity index (χ1v) is 7.20. The lowest BCUT2D eigenvalue weighted by atomic mass is 10.2. The van der Waals surface area contributed by atoms with Crippen LogP contribution < -0.4 is 16.4 Å². The van der Waals surface area contributed by atoms with Gasteiger partial charge in [-0.2, -0.15) is 0 Å². The fraction of sp³-hybridized carbons (Fsp3) is 0.643. The standard InChI is InChI=1S/C14H25N5O2/c1-5-6-16-13-9(4)14(17-7-10(20)11(15)21)19-12(18-13)8(2)3/h8,10,20H,5-7H2,1-4H3,(H2,15,21)(H2,16,17,18,19). The Morgan fingerprint density at radius 2 is 1.86 bits per heavy atom. The number of amides is 1. The molecule has 0 saturated heterocycles. The number of primary amides is 1. The second-order valence-electron chi connectivity index (χ2n) is 5.28. The minimum absolute atomic E-state index is 0.0257. The highest BCUT2D eigenvalue weighted by molar-refractivity contribution is 5.79. The van der Waals surface area contributed by atoms with E-state index in [1.54, 1.807) is 0 Å². The fourth-order valence-corrected chi connectivity index (χ4v) is 1.67. The number of anilines is 2. The molecule has 0 aliphatic rings. The minimum atomic E-state index is -1.24. The summed E-state index contributed by atoms with van der Waals surface area (Å²) in [5.41, 5.74) is 5.89. The van der Waals surface area contributed by atoms with Gasteiger partial charge >= 0.3 is 0 Å². The van der Waals surface area contributed by atoms with E-state index in [4.69, 9.17) is 5.73 Å². The van der Waals surface area contributed by atoms with E-state index in [0.29, 0.717) is 11.6 Å². The molecular formula is C14H25N5O2. The maximum absolute atomic E-state index is 10.9. The first-order chi connectivity index (χ1) is 9.86. The molecule has 0 saturated carbocycles. The molecule has 1 aromatic rings. The monoisotopic (exact) mass is 295 g/mol. The van der Waals surface area contributed by atoms with Gasteiger partial charge in [0.2, 0.25) is 5.91 Å². The van der Waals surface area contributed by atoms with Gasteiger partial charge in [-0.05, 0) is 13.3 Å². The number of aliphatic hydroxyl groups is 1. The number of nitrogens with two attached hydrogens (primary N) is 1. The highest BCUT2D eigenvalue weighted by Gasteiger charge is 2.15. The molecule has 0 spiro atoms. The van der Waals surface area contributed by atoms with E-state index in [1.807, 2.05) is 20.8 Å². The van der Waals surface area contributed by atoms with Crippen molar-refractivity contribution in [2.45, 2.75) is 46.1 Å². The lowest BCUT2D eigenvalue weighted by molar-refractivity contribution is -0.125. The Morgan fingerprint density at radius 1 is 1.29 bits per heavy atom. The molecular weight excluding hydrogens is 270 g/mol. The van der Waals surface area contributed by atoms with Crippen LogP contribution in [0.25, 0.3) is 0 Å². The number of nitrogens with zero attached hydrogens (tertiary/aromatic N) is 2. The highest BCUT2D eigenvalue weighted by atomic mass is 16.3. The molecule has 1 unspecified atom stereocenters. The van der Waals surface area contributed by atoms with Gasteiger partial charge in [0.1, 0.15) is 23.6 Å². The zero-order valence-corrected chi connectivity index (χ0v) is 13.1. The van der Waals surface area contributed by atoms with Crippen molar-refractivity contribution in [3.05, 3.63) is 11.4 Å². The Labute approximate surface area is 125 Å². The maximum atomic E-state index is 10.9. The average Bonchev–Trinajstić information content (AvgIpc) is 2.44. The summed E-state index contributed by atoms with van der Waals surface area (Å²) in [6.07, 6.45) is -0.252. The summed E-state index contributed by atoms with van der Waals surface area (Å²) < 4.78 is 0. The fourth-order valence-electron chi connectivity index (χ4n) is 1.67. The van der Waals surface area contributed by atoms with E-state index in [2.05, 4.69) is 27.5 Å². The third-order valence-corrected chi connectivity index (χ3v) is 3.01. The SMILES string of the molecule is CCCNc1nc(C(C)C)nc(NCC(O)C(N)=O)c1C. The molecule has 1 amide bonds. The average molecular weight is 295 g/mol. The molecule has 1 rings (SSSR count). The molecule has 0 aliphatic carbocycles. The Hall–Kier alpha value is -1.89. The summed E-state index contributed by atoms with van der Waals surface area (Å²) in [5.74, 6) is 1.49. The van der Waals surface area contributed by atoms with Gasteiger partial charge in [-0.15, -0.1) is 0 Å². The van der Waals surface area contributed by atoms with Crippen molar-refractivity contribution in [1.29, 1.82) is 0 Å². The summed E-state index contributed by atoms with van der Waals surface area (Å²) in [7, 11) is 0. The molecule has 5 N–H and O–H groups in total. The van der Waals surface area contributed by atoms with Crippen molar-refractivity contribution in [3.63, 3.8) is 0 Å². The van der Waals surface area contributed by atoms with Crippen LogP contribution in [0.15, 0.2) is 0 Å². The molecule has 118 valence electrons. The topological polar surface area (TPSA) is 113 Å². The van der Waals surface area contributed by atoms with Gasteiger partial charge in [-0.3, -0.25) is 4.79 Å². The number of hydrogen-bond acceptors (Lipinski definition) is 6. The molecule has 7 heteroatoms. The predicted molar refractivity (Wildman–Crippen MR) is 83.3 cm³/mol. The van der Waals surface area contributed by atoms with Crippen molar-refractivity contribution in [3.8, 4) is 0 Å². The van der Waals surface area contributed by atoms with Crippen LogP contribution in [0.1, 0.15) is 44.5 Å². The Balaban J connectivity index is 2.99. The number of carbonyl (C=O) groups is 1. The van der Waals surface area contributed by atoms with E-state index < -0.39 is 12.0 Å². The van der Waals surface area contributed by atoms with Crippen molar-refractivity contribution in [1.82, 2.24) is 9.97 Å². The Morgan fingerprint density at radius 3 is 2.33 bits per heavy atom. The van der Waals surface area contributed by atoms with Crippen molar-refractivity contribution >= 4 is 17.5 Å². The van der Waals surface area contributed by atoms with Gasteiger partial charge in [-0.25, -0.2) is 9.97 Å². The number of carbonyl (C=O) groups excluding carboxylic acids is 1. The van der Waals surface area contributed by atoms with Crippen molar-refractivity contribution in [2.24, 2.45) is 5.73 Å². The van der Waals surface area contributed by atoms with Crippen molar-refractivity contribution in [2.75, 3.05) is 23.7 Å². The smallest absolute Gasteiger partial charge is 0.248 e. The van der Waals surface area contributed by atoms with E-state index in [-0.39, 0.29) is 12.5 Å². The minimum Gasteiger partial charge on any atom is -0.381 e. The van der Waals surface area contributed by atoms with Crippen LogP contribution in [0.4, 0.5) is 11.6 Å². The summed E-state index contributed by atoms with van der Waals surface area (Å²) in [6.45, 7) is 8.83. The number of hydrogen-bond donors (Lipinski definition) is 4. The van der Waals surface area contributed by atoms with Crippen LogP contribution in [-0.2, 0) is 4.79 Å². The normalized spacial score (nSPS) is 12.3. The molecule has 0 aromatic carbocycles. The molecule has 1 heterocycles. The van der Waals surface area contributed by atoms with Crippen LogP contribution in [0.5, 0.6) is 0 Å². The van der Waals surface area contributed by atoms with E-state index in [1.165, 1.54) is 0 Å². The summed E-state index contributed by atoms with van der Waals surface area (Å²) in [6, 6.07) is 0. The molecule has 0 radical (unpaired) electrons. The number of rotatable bonds is 8. The molecule has 21 heavy (non-hydrogen) atoms. The Bertz CT molecular complexity index is 490. The highest BCUT2D eigenvalue weighted by Crippen LogP contribution is 2.23. The second-order valence-corrected chi connectivity index (χ2v) is 5.28. The number of aromatic nitrogens is 2. The van der Waals surface area contributed by atoms with Gasteiger partial charge in [0.05, 0.1) is 6.54 Å².